The monoisotopic (exact) mass is 309 g/mol. The van der Waals surface area contributed by atoms with E-state index >= 15 is 0 Å². The van der Waals surface area contributed by atoms with Crippen molar-refractivity contribution < 1.29 is 4.39 Å². The predicted molar refractivity (Wildman–Crippen MR) is 88.2 cm³/mol. The maximum absolute atomic E-state index is 13.3. The molecule has 1 aromatic carbocycles. The molecule has 3 aromatic rings. The fourth-order valence-electron chi connectivity index (χ4n) is 3.01. The van der Waals surface area contributed by atoms with Crippen LogP contribution in [0.5, 0.6) is 0 Å². The van der Waals surface area contributed by atoms with Gasteiger partial charge >= 0.3 is 0 Å². The number of pyridine rings is 1. The molecule has 0 spiro atoms. The molecule has 5 nitrogen and oxygen atoms in total. The largest absolute Gasteiger partial charge is 0.368 e. The van der Waals surface area contributed by atoms with Crippen LogP contribution in [-0.4, -0.2) is 41.1 Å². The molecule has 1 aliphatic heterocycles. The SMILES string of the molecule is Fc1cc(N2CCN(c3ncnc4ccccc34)CC2)ccn1. The van der Waals surface area contributed by atoms with Gasteiger partial charge in [0.25, 0.3) is 0 Å². The molecule has 1 aliphatic rings. The number of benzene rings is 1. The van der Waals surface area contributed by atoms with Gasteiger partial charge in [0.1, 0.15) is 12.1 Å². The number of hydrogen-bond donors (Lipinski definition) is 0. The van der Waals surface area contributed by atoms with Gasteiger partial charge in [0.15, 0.2) is 0 Å². The van der Waals surface area contributed by atoms with Crippen LogP contribution in [0.25, 0.3) is 10.9 Å². The lowest BCUT2D eigenvalue weighted by molar-refractivity contribution is 0.580. The number of fused-ring (bicyclic) bond motifs is 1. The Hall–Kier alpha value is -2.76. The zero-order valence-electron chi connectivity index (χ0n) is 12.6. The number of anilines is 2. The van der Waals surface area contributed by atoms with Crippen molar-refractivity contribution in [2.75, 3.05) is 36.0 Å². The fraction of sp³-hybridized carbons (Fsp3) is 0.235. The van der Waals surface area contributed by atoms with Crippen molar-refractivity contribution in [3.63, 3.8) is 0 Å². The highest BCUT2D eigenvalue weighted by Crippen LogP contribution is 2.25. The molecule has 0 bridgehead atoms. The third-order valence-corrected chi connectivity index (χ3v) is 4.18. The Kier molecular flexibility index (Phi) is 3.49. The first-order valence-electron chi connectivity index (χ1n) is 7.62. The first-order chi connectivity index (χ1) is 11.3. The molecule has 0 saturated carbocycles. The van der Waals surface area contributed by atoms with Crippen molar-refractivity contribution in [2.45, 2.75) is 0 Å². The normalized spacial score (nSPS) is 15.2. The van der Waals surface area contributed by atoms with Crippen LogP contribution in [-0.2, 0) is 0 Å². The molecular weight excluding hydrogens is 293 g/mol. The highest BCUT2D eigenvalue weighted by molar-refractivity contribution is 5.89. The second kappa shape index (κ2) is 5.79. The summed E-state index contributed by atoms with van der Waals surface area (Å²) in [5, 5.41) is 1.07. The Morgan fingerprint density at radius 3 is 2.48 bits per heavy atom. The van der Waals surface area contributed by atoms with Crippen molar-refractivity contribution in [2.24, 2.45) is 0 Å². The van der Waals surface area contributed by atoms with E-state index in [1.165, 1.54) is 12.3 Å². The van der Waals surface area contributed by atoms with Gasteiger partial charge in [0, 0.05) is 49.5 Å². The lowest BCUT2D eigenvalue weighted by Crippen LogP contribution is -2.47. The van der Waals surface area contributed by atoms with Gasteiger partial charge in [-0.2, -0.15) is 4.39 Å². The van der Waals surface area contributed by atoms with E-state index in [1.54, 1.807) is 6.33 Å². The van der Waals surface area contributed by atoms with Crippen LogP contribution in [0.15, 0.2) is 48.9 Å². The van der Waals surface area contributed by atoms with Gasteiger partial charge < -0.3 is 9.80 Å². The molecule has 1 saturated heterocycles. The van der Waals surface area contributed by atoms with Crippen LogP contribution in [0.3, 0.4) is 0 Å². The molecule has 0 unspecified atom stereocenters. The lowest BCUT2D eigenvalue weighted by atomic mass is 10.2. The topological polar surface area (TPSA) is 45.2 Å². The zero-order chi connectivity index (χ0) is 15.6. The molecule has 0 radical (unpaired) electrons. The average molecular weight is 309 g/mol. The molecule has 4 rings (SSSR count). The van der Waals surface area contributed by atoms with E-state index in [4.69, 9.17) is 0 Å². The van der Waals surface area contributed by atoms with Gasteiger partial charge in [0.05, 0.1) is 5.52 Å². The van der Waals surface area contributed by atoms with Crippen molar-refractivity contribution in [1.82, 2.24) is 15.0 Å². The Labute approximate surface area is 133 Å². The summed E-state index contributed by atoms with van der Waals surface area (Å²) in [6, 6.07) is 11.4. The molecule has 0 atom stereocenters. The standard InChI is InChI=1S/C17H16FN5/c18-16-11-13(5-6-19-16)22-7-9-23(10-8-22)17-14-3-1-2-4-15(14)20-12-21-17/h1-6,11-12H,7-10H2. The minimum absolute atomic E-state index is 0.438. The molecule has 0 amide bonds. The van der Waals surface area contributed by atoms with Crippen LogP contribution in [0.2, 0.25) is 0 Å². The smallest absolute Gasteiger partial charge is 0.214 e. The second-order valence-electron chi connectivity index (χ2n) is 5.53. The first kappa shape index (κ1) is 13.9. The minimum Gasteiger partial charge on any atom is -0.368 e. The van der Waals surface area contributed by atoms with E-state index in [2.05, 4.69) is 30.8 Å². The molecule has 116 valence electrons. The third kappa shape index (κ3) is 2.67. The van der Waals surface area contributed by atoms with Crippen molar-refractivity contribution >= 4 is 22.4 Å². The van der Waals surface area contributed by atoms with Gasteiger partial charge in [-0.1, -0.05) is 12.1 Å². The average Bonchev–Trinajstić information content (AvgIpc) is 2.61. The number of piperazine rings is 1. The number of rotatable bonds is 2. The molecule has 3 heterocycles. The number of hydrogen-bond acceptors (Lipinski definition) is 5. The molecule has 2 aromatic heterocycles. The van der Waals surface area contributed by atoms with E-state index < -0.39 is 5.95 Å². The van der Waals surface area contributed by atoms with Crippen LogP contribution < -0.4 is 9.80 Å². The summed E-state index contributed by atoms with van der Waals surface area (Å²) in [5.41, 5.74) is 1.83. The second-order valence-corrected chi connectivity index (χ2v) is 5.53. The summed E-state index contributed by atoms with van der Waals surface area (Å²) < 4.78 is 13.3. The first-order valence-corrected chi connectivity index (χ1v) is 7.62. The van der Waals surface area contributed by atoms with Gasteiger partial charge in [-0.15, -0.1) is 0 Å². The molecule has 0 N–H and O–H groups in total. The van der Waals surface area contributed by atoms with Crippen molar-refractivity contribution in [1.29, 1.82) is 0 Å². The van der Waals surface area contributed by atoms with Crippen molar-refractivity contribution in [3.05, 3.63) is 54.9 Å². The minimum atomic E-state index is -0.438. The van der Waals surface area contributed by atoms with Gasteiger partial charge in [-0.05, 0) is 18.2 Å². The third-order valence-electron chi connectivity index (χ3n) is 4.18. The quantitative estimate of drug-likeness (QED) is 0.681. The Balaban J connectivity index is 1.55. The van der Waals surface area contributed by atoms with Gasteiger partial charge in [-0.3, -0.25) is 0 Å². The van der Waals surface area contributed by atoms with E-state index in [9.17, 15) is 4.39 Å². The highest BCUT2D eigenvalue weighted by Gasteiger charge is 2.20. The summed E-state index contributed by atoms with van der Waals surface area (Å²) in [4.78, 5) is 16.8. The lowest BCUT2D eigenvalue weighted by Gasteiger charge is -2.37. The summed E-state index contributed by atoms with van der Waals surface area (Å²) in [6.45, 7) is 3.32. The number of para-hydroxylation sites is 1. The Morgan fingerprint density at radius 2 is 1.65 bits per heavy atom. The van der Waals surface area contributed by atoms with E-state index in [-0.39, 0.29) is 0 Å². The van der Waals surface area contributed by atoms with Crippen LogP contribution in [0, 0.1) is 5.95 Å². The summed E-state index contributed by atoms with van der Waals surface area (Å²) in [7, 11) is 0. The zero-order valence-corrected chi connectivity index (χ0v) is 12.6. The van der Waals surface area contributed by atoms with E-state index in [0.29, 0.717) is 0 Å². The van der Waals surface area contributed by atoms with Crippen molar-refractivity contribution in [3.8, 4) is 0 Å². The highest BCUT2D eigenvalue weighted by atomic mass is 19.1. The molecule has 1 fully saturated rings. The summed E-state index contributed by atoms with van der Waals surface area (Å²) in [5.74, 6) is 0.530. The van der Waals surface area contributed by atoms with Gasteiger partial charge in [-0.25, -0.2) is 15.0 Å². The molecule has 0 aliphatic carbocycles. The maximum Gasteiger partial charge on any atom is 0.214 e. The van der Waals surface area contributed by atoms with E-state index in [1.807, 2.05) is 24.3 Å². The molecule has 23 heavy (non-hydrogen) atoms. The van der Waals surface area contributed by atoms with Crippen LogP contribution >= 0.6 is 0 Å². The number of nitrogens with zero attached hydrogens (tertiary/aromatic N) is 5. The summed E-state index contributed by atoms with van der Waals surface area (Å²) in [6.07, 6.45) is 3.12. The molecule has 6 heteroatoms. The number of halogens is 1. The summed E-state index contributed by atoms with van der Waals surface area (Å²) >= 11 is 0. The molecular formula is C17H16FN5. The van der Waals surface area contributed by atoms with Crippen LogP contribution in [0.1, 0.15) is 0 Å². The van der Waals surface area contributed by atoms with E-state index in [0.717, 1.165) is 48.6 Å². The Morgan fingerprint density at radius 1 is 0.870 bits per heavy atom. The Bertz CT molecular complexity index is 825. The predicted octanol–water partition coefficient (Wildman–Crippen LogP) is 2.49. The van der Waals surface area contributed by atoms with Crippen LogP contribution in [0.4, 0.5) is 15.9 Å². The maximum atomic E-state index is 13.3. The fourth-order valence-corrected chi connectivity index (χ4v) is 3.01. The van der Waals surface area contributed by atoms with Gasteiger partial charge in [0.2, 0.25) is 5.95 Å². The number of aromatic nitrogens is 3.